The van der Waals surface area contributed by atoms with Crippen LogP contribution in [0.5, 0.6) is 5.75 Å². The van der Waals surface area contributed by atoms with Crippen LogP contribution in [0.3, 0.4) is 0 Å². The van der Waals surface area contributed by atoms with Gasteiger partial charge in [-0.15, -0.1) is 0 Å². The van der Waals surface area contributed by atoms with E-state index in [0.717, 1.165) is 11.1 Å². The van der Waals surface area contributed by atoms with Crippen LogP contribution in [0.4, 0.5) is 4.39 Å². The van der Waals surface area contributed by atoms with E-state index in [0.29, 0.717) is 16.3 Å². The highest BCUT2D eigenvalue weighted by atomic mass is 35.5. The molecule has 7 heteroatoms. The van der Waals surface area contributed by atoms with E-state index in [1.165, 1.54) is 12.1 Å². The first-order chi connectivity index (χ1) is 14.0. The molecule has 0 bridgehead atoms. The van der Waals surface area contributed by atoms with Crippen molar-refractivity contribution >= 4 is 23.4 Å². The molecule has 0 heterocycles. The van der Waals surface area contributed by atoms with Crippen molar-refractivity contribution in [3.8, 4) is 5.75 Å². The highest BCUT2D eigenvalue weighted by Crippen LogP contribution is 2.15. The largest absolute Gasteiger partial charge is 0.489 e. The Morgan fingerprint density at radius 2 is 1.59 bits per heavy atom. The molecule has 148 valence electrons. The summed E-state index contributed by atoms with van der Waals surface area (Å²) in [6.45, 7) is 0.239. The Morgan fingerprint density at radius 1 is 0.897 bits per heavy atom. The van der Waals surface area contributed by atoms with Crippen molar-refractivity contribution in [2.24, 2.45) is 0 Å². The lowest BCUT2D eigenvalue weighted by molar-refractivity contribution is -0.121. The van der Waals surface area contributed by atoms with E-state index >= 15 is 0 Å². The van der Waals surface area contributed by atoms with Crippen LogP contribution in [-0.2, 0) is 17.8 Å². The highest BCUT2D eigenvalue weighted by molar-refractivity contribution is 6.30. The van der Waals surface area contributed by atoms with E-state index in [1.807, 2.05) is 0 Å². The zero-order valence-corrected chi connectivity index (χ0v) is 16.1. The molecule has 0 spiro atoms. The monoisotopic (exact) mass is 412 g/mol. The second-order valence-electron chi connectivity index (χ2n) is 6.25. The average molecular weight is 413 g/mol. The number of carbonyl (C=O) groups excluding carboxylic acids is 2. The molecule has 0 saturated heterocycles. The van der Waals surface area contributed by atoms with E-state index in [4.69, 9.17) is 16.3 Å². The lowest BCUT2D eigenvalue weighted by Crippen LogP contribution is -2.42. The summed E-state index contributed by atoms with van der Waals surface area (Å²) >= 11 is 5.81. The molecule has 3 aromatic carbocycles. The molecule has 3 rings (SSSR count). The second kappa shape index (κ2) is 9.71. The topological polar surface area (TPSA) is 67.4 Å². The molecule has 5 nitrogen and oxygen atoms in total. The number of benzene rings is 3. The first-order valence-electron chi connectivity index (χ1n) is 8.80. The third-order valence-electron chi connectivity index (χ3n) is 4.01. The minimum atomic E-state index is -0.471. The Morgan fingerprint density at radius 3 is 2.31 bits per heavy atom. The van der Waals surface area contributed by atoms with Crippen molar-refractivity contribution in [1.29, 1.82) is 0 Å². The molecule has 29 heavy (non-hydrogen) atoms. The number of rotatable bonds is 6. The van der Waals surface area contributed by atoms with Crippen LogP contribution >= 0.6 is 11.6 Å². The fourth-order valence-electron chi connectivity index (χ4n) is 2.50. The first-order valence-corrected chi connectivity index (χ1v) is 9.18. The van der Waals surface area contributed by atoms with E-state index in [1.54, 1.807) is 60.7 Å². The van der Waals surface area contributed by atoms with Crippen molar-refractivity contribution in [2.75, 3.05) is 0 Å². The quantitative estimate of drug-likeness (QED) is 0.600. The van der Waals surface area contributed by atoms with Gasteiger partial charge in [-0.3, -0.25) is 20.4 Å². The summed E-state index contributed by atoms with van der Waals surface area (Å²) in [4.78, 5) is 24.2. The van der Waals surface area contributed by atoms with Gasteiger partial charge >= 0.3 is 0 Å². The van der Waals surface area contributed by atoms with Crippen molar-refractivity contribution in [3.63, 3.8) is 0 Å². The SMILES string of the molecule is O=C(Cc1ccc(Cl)cc1)NNC(=O)c1cccc(OCc2ccc(F)cc2)c1. The maximum absolute atomic E-state index is 12.9. The van der Waals surface area contributed by atoms with Crippen LogP contribution < -0.4 is 15.6 Å². The molecule has 2 N–H and O–H groups in total. The van der Waals surface area contributed by atoms with E-state index in [-0.39, 0.29) is 24.8 Å². The van der Waals surface area contributed by atoms with Crippen molar-refractivity contribution < 1.29 is 18.7 Å². The minimum absolute atomic E-state index is 0.109. The van der Waals surface area contributed by atoms with E-state index in [2.05, 4.69) is 10.9 Å². The number of nitrogens with one attached hydrogen (secondary N) is 2. The van der Waals surface area contributed by atoms with Gasteiger partial charge in [-0.05, 0) is 53.6 Å². The lowest BCUT2D eigenvalue weighted by Gasteiger charge is -2.10. The van der Waals surface area contributed by atoms with E-state index in [9.17, 15) is 14.0 Å². The van der Waals surface area contributed by atoms with Gasteiger partial charge in [0, 0.05) is 10.6 Å². The molecule has 3 aromatic rings. The normalized spacial score (nSPS) is 10.3. The summed E-state index contributed by atoms with van der Waals surface area (Å²) in [5.41, 5.74) is 6.66. The molecule has 0 radical (unpaired) electrons. The van der Waals surface area contributed by atoms with Gasteiger partial charge in [0.2, 0.25) is 5.91 Å². The third-order valence-corrected chi connectivity index (χ3v) is 4.26. The Balaban J connectivity index is 1.51. The average Bonchev–Trinajstić information content (AvgIpc) is 2.73. The number of hydrogen-bond acceptors (Lipinski definition) is 3. The predicted molar refractivity (Wildman–Crippen MR) is 108 cm³/mol. The summed E-state index contributed by atoms with van der Waals surface area (Å²) in [6.07, 6.45) is 0.109. The minimum Gasteiger partial charge on any atom is -0.489 e. The smallest absolute Gasteiger partial charge is 0.269 e. The van der Waals surface area contributed by atoms with Crippen LogP contribution in [-0.4, -0.2) is 11.8 Å². The molecule has 0 aliphatic carbocycles. The van der Waals surface area contributed by atoms with E-state index < -0.39 is 5.91 Å². The van der Waals surface area contributed by atoms with Gasteiger partial charge in [0.25, 0.3) is 5.91 Å². The summed E-state index contributed by atoms with van der Waals surface area (Å²) < 4.78 is 18.6. The number of ether oxygens (including phenoxy) is 1. The van der Waals surface area contributed by atoms with Gasteiger partial charge in [-0.1, -0.05) is 41.9 Å². The van der Waals surface area contributed by atoms with Crippen molar-refractivity contribution in [1.82, 2.24) is 10.9 Å². The molecule has 0 aliphatic rings. The summed E-state index contributed by atoms with van der Waals surface area (Å²) in [5.74, 6) is -0.661. The first kappa shape index (κ1) is 20.4. The number of halogens is 2. The second-order valence-corrected chi connectivity index (χ2v) is 6.68. The Kier molecular flexibility index (Phi) is 6.81. The standard InChI is InChI=1S/C22H18ClFN2O3/c23-18-8-4-15(5-9-18)12-21(27)25-26-22(28)17-2-1-3-20(13-17)29-14-16-6-10-19(24)11-7-16/h1-11,13H,12,14H2,(H,25,27)(H,26,28). The van der Waals surface area contributed by atoms with Crippen molar-refractivity contribution in [3.05, 3.63) is 100 Å². The van der Waals surface area contributed by atoms with Crippen LogP contribution in [0.1, 0.15) is 21.5 Å². The van der Waals surface area contributed by atoms with Gasteiger partial charge in [0.05, 0.1) is 6.42 Å². The lowest BCUT2D eigenvalue weighted by atomic mass is 10.1. The highest BCUT2D eigenvalue weighted by Gasteiger charge is 2.09. The van der Waals surface area contributed by atoms with Crippen LogP contribution in [0, 0.1) is 5.82 Å². The Bertz CT molecular complexity index is 992. The summed E-state index contributed by atoms with van der Waals surface area (Å²) in [6, 6.07) is 19.4. The summed E-state index contributed by atoms with van der Waals surface area (Å²) in [7, 11) is 0. The molecule has 0 aliphatic heterocycles. The third kappa shape index (κ3) is 6.33. The van der Waals surface area contributed by atoms with Gasteiger partial charge in [-0.2, -0.15) is 0 Å². The Labute approximate surface area is 172 Å². The molecule has 0 unspecified atom stereocenters. The van der Waals surface area contributed by atoms with Crippen LogP contribution in [0.2, 0.25) is 5.02 Å². The summed E-state index contributed by atoms with van der Waals surface area (Å²) in [5, 5.41) is 0.587. The van der Waals surface area contributed by atoms with Gasteiger partial charge < -0.3 is 4.74 Å². The van der Waals surface area contributed by atoms with Crippen LogP contribution in [0.15, 0.2) is 72.8 Å². The number of hydrogen-bond donors (Lipinski definition) is 2. The molecule has 0 aromatic heterocycles. The zero-order chi connectivity index (χ0) is 20.6. The molecule has 2 amide bonds. The zero-order valence-electron chi connectivity index (χ0n) is 15.3. The van der Waals surface area contributed by atoms with Gasteiger partial charge in [0.15, 0.2) is 0 Å². The maximum atomic E-state index is 12.9. The van der Waals surface area contributed by atoms with Gasteiger partial charge in [-0.25, -0.2) is 4.39 Å². The molecule has 0 saturated carbocycles. The fourth-order valence-corrected chi connectivity index (χ4v) is 2.63. The van der Waals surface area contributed by atoms with Crippen LogP contribution in [0.25, 0.3) is 0 Å². The molecule has 0 atom stereocenters. The Hall–Kier alpha value is -3.38. The predicted octanol–water partition coefficient (Wildman–Crippen LogP) is 4.06. The fraction of sp³-hybridized carbons (Fsp3) is 0.0909. The molecular weight excluding hydrogens is 395 g/mol. The number of amides is 2. The number of hydrazine groups is 1. The van der Waals surface area contributed by atoms with Crippen molar-refractivity contribution in [2.45, 2.75) is 13.0 Å². The molecular formula is C22H18ClFN2O3. The number of carbonyl (C=O) groups is 2. The molecule has 0 fully saturated rings. The van der Waals surface area contributed by atoms with Gasteiger partial charge in [0.1, 0.15) is 18.2 Å². The maximum Gasteiger partial charge on any atom is 0.269 e.